The van der Waals surface area contributed by atoms with E-state index in [-0.39, 0.29) is 11.9 Å². The van der Waals surface area contributed by atoms with Crippen molar-refractivity contribution in [1.29, 1.82) is 0 Å². The van der Waals surface area contributed by atoms with Crippen LogP contribution in [0, 0.1) is 0 Å². The molecule has 0 aliphatic heterocycles. The van der Waals surface area contributed by atoms with Crippen molar-refractivity contribution in [1.82, 2.24) is 0 Å². The number of hydrogen-bond acceptors (Lipinski definition) is 4. The van der Waals surface area contributed by atoms with Crippen molar-refractivity contribution in [2.24, 2.45) is 0 Å². The first-order valence-electron chi connectivity index (χ1n) is 6.31. The third kappa shape index (κ3) is 4.03. The first-order chi connectivity index (χ1) is 10.1. The van der Waals surface area contributed by atoms with Crippen LogP contribution in [0.2, 0.25) is 0 Å². The molecule has 0 bridgehead atoms. The van der Waals surface area contributed by atoms with Crippen molar-refractivity contribution < 1.29 is 14.3 Å². The van der Waals surface area contributed by atoms with E-state index in [2.05, 4.69) is 5.32 Å². The number of esters is 1. The second-order valence-electron chi connectivity index (χ2n) is 4.34. The monoisotopic (exact) mass is 301 g/mol. The van der Waals surface area contributed by atoms with Gasteiger partial charge in [-0.15, -0.1) is 11.3 Å². The lowest BCUT2D eigenvalue weighted by molar-refractivity contribution is -0.114. The molecule has 1 amide bonds. The summed E-state index contributed by atoms with van der Waals surface area (Å²) in [7, 11) is 1.37. The molecule has 0 atom stereocenters. The van der Waals surface area contributed by atoms with Crippen molar-refractivity contribution in [3.8, 4) is 0 Å². The molecule has 108 valence electrons. The summed E-state index contributed by atoms with van der Waals surface area (Å²) in [5.74, 6) is -0.446. The molecule has 0 fully saturated rings. The average Bonchev–Trinajstić information content (AvgIpc) is 2.92. The fourth-order valence-corrected chi connectivity index (χ4v) is 2.62. The van der Waals surface area contributed by atoms with Gasteiger partial charge in [0, 0.05) is 12.6 Å². The number of thiophene rings is 1. The molecule has 0 aliphatic carbocycles. The van der Waals surface area contributed by atoms with Crippen LogP contribution in [0.4, 0.5) is 5.69 Å². The molecule has 5 heteroatoms. The lowest BCUT2D eigenvalue weighted by Gasteiger charge is -2.02. The van der Waals surface area contributed by atoms with Crippen molar-refractivity contribution in [2.45, 2.75) is 6.92 Å². The van der Waals surface area contributed by atoms with E-state index in [4.69, 9.17) is 4.74 Å². The summed E-state index contributed by atoms with van der Waals surface area (Å²) in [5, 5.41) is 4.58. The van der Waals surface area contributed by atoms with Gasteiger partial charge in [0.15, 0.2) is 0 Å². The number of nitrogens with one attached hydrogen (secondary N) is 1. The fourth-order valence-electron chi connectivity index (χ4n) is 1.82. The van der Waals surface area contributed by atoms with Crippen molar-refractivity contribution in [3.63, 3.8) is 0 Å². The summed E-state index contributed by atoms with van der Waals surface area (Å²) in [6, 6.07) is 9.34. The third-order valence-electron chi connectivity index (χ3n) is 2.73. The number of benzene rings is 1. The van der Waals surface area contributed by atoms with Gasteiger partial charge in [0.2, 0.25) is 5.91 Å². The molecule has 0 spiro atoms. The standard InChI is InChI=1S/C16H15NO3S/c1-11(18)17-14-5-3-4-12(10-14)6-7-13-8-9-21-15(13)16(19)20-2/h3-10H,1-2H3,(H,17,18). The highest BCUT2D eigenvalue weighted by atomic mass is 32.1. The topological polar surface area (TPSA) is 55.4 Å². The number of rotatable bonds is 4. The Morgan fingerprint density at radius 1 is 1.24 bits per heavy atom. The van der Waals surface area contributed by atoms with E-state index in [1.807, 2.05) is 47.9 Å². The van der Waals surface area contributed by atoms with Gasteiger partial charge in [-0.1, -0.05) is 24.3 Å². The smallest absolute Gasteiger partial charge is 0.348 e. The lowest BCUT2D eigenvalue weighted by atomic mass is 10.1. The zero-order valence-electron chi connectivity index (χ0n) is 11.8. The summed E-state index contributed by atoms with van der Waals surface area (Å²) < 4.78 is 4.74. The van der Waals surface area contributed by atoms with Crippen LogP contribution in [0.15, 0.2) is 35.7 Å². The van der Waals surface area contributed by atoms with Crippen LogP contribution in [0.1, 0.15) is 27.7 Å². The maximum absolute atomic E-state index is 11.6. The number of methoxy groups -OCH3 is 1. The lowest BCUT2D eigenvalue weighted by Crippen LogP contribution is -2.05. The Labute approximate surface area is 127 Å². The largest absolute Gasteiger partial charge is 0.465 e. The highest BCUT2D eigenvalue weighted by Gasteiger charge is 2.10. The molecule has 2 aromatic rings. The minimum absolute atomic E-state index is 0.109. The molecule has 2 rings (SSSR count). The van der Waals surface area contributed by atoms with E-state index in [0.29, 0.717) is 4.88 Å². The maximum atomic E-state index is 11.6. The molecule has 1 heterocycles. The second kappa shape index (κ2) is 6.85. The third-order valence-corrected chi connectivity index (χ3v) is 3.64. The molecule has 21 heavy (non-hydrogen) atoms. The molecule has 0 saturated carbocycles. The summed E-state index contributed by atoms with van der Waals surface area (Å²) in [6.45, 7) is 1.47. The number of ether oxygens (including phenoxy) is 1. The van der Waals surface area contributed by atoms with Crippen molar-refractivity contribution in [3.05, 3.63) is 51.7 Å². The summed E-state index contributed by atoms with van der Waals surface area (Å²) in [6.07, 6.45) is 3.75. The first kappa shape index (κ1) is 15.0. The van der Waals surface area contributed by atoms with E-state index in [1.54, 1.807) is 0 Å². The van der Waals surface area contributed by atoms with E-state index < -0.39 is 0 Å². The van der Waals surface area contributed by atoms with Gasteiger partial charge >= 0.3 is 5.97 Å². The Bertz CT molecular complexity index is 688. The normalized spacial score (nSPS) is 10.6. The Morgan fingerprint density at radius 3 is 2.76 bits per heavy atom. The van der Waals surface area contributed by atoms with Gasteiger partial charge in [-0.3, -0.25) is 4.79 Å². The van der Waals surface area contributed by atoms with Gasteiger partial charge in [0.1, 0.15) is 4.88 Å². The highest BCUT2D eigenvalue weighted by Crippen LogP contribution is 2.21. The molecule has 0 radical (unpaired) electrons. The minimum atomic E-state index is -0.336. The van der Waals surface area contributed by atoms with Gasteiger partial charge in [-0.05, 0) is 34.7 Å². The molecular formula is C16H15NO3S. The summed E-state index contributed by atoms with van der Waals surface area (Å²) in [5.41, 5.74) is 2.49. The van der Waals surface area contributed by atoms with Crippen LogP contribution in [0.25, 0.3) is 12.2 Å². The van der Waals surface area contributed by atoms with Gasteiger partial charge < -0.3 is 10.1 Å². The fraction of sp³-hybridized carbons (Fsp3) is 0.125. The zero-order valence-corrected chi connectivity index (χ0v) is 12.6. The van der Waals surface area contributed by atoms with E-state index in [0.717, 1.165) is 16.8 Å². The van der Waals surface area contributed by atoms with Crippen molar-refractivity contribution in [2.75, 3.05) is 12.4 Å². The molecule has 1 aromatic heterocycles. The van der Waals surface area contributed by atoms with E-state index >= 15 is 0 Å². The second-order valence-corrected chi connectivity index (χ2v) is 5.25. The number of hydrogen-bond donors (Lipinski definition) is 1. The summed E-state index contributed by atoms with van der Waals surface area (Å²) >= 11 is 1.35. The molecule has 1 N–H and O–H groups in total. The predicted octanol–water partition coefficient (Wildman–Crippen LogP) is 3.66. The van der Waals surface area contributed by atoms with Crippen LogP contribution in [0.5, 0.6) is 0 Å². The average molecular weight is 301 g/mol. The molecule has 4 nitrogen and oxygen atoms in total. The van der Waals surface area contributed by atoms with E-state index in [9.17, 15) is 9.59 Å². The van der Waals surface area contributed by atoms with Crippen LogP contribution in [0.3, 0.4) is 0 Å². The first-order valence-corrected chi connectivity index (χ1v) is 7.19. The number of carbonyl (C=O) groups is 2. The quantitative estimate of drug-likeness (QED) is 0.877. The Hall–Kier alpha value is -2.40. The molecular weight excluding hydrogens is 286 g/mol. The van der Waals surface area contributed by atoms with Gasteiger partial charge in [0.25, 0.3) is 0 Å². The predicted molar refractivity (Wildman–Crippen MR) is 85.3 cm³/mol. The Kier molecular flexibility index (Phi) is 4.90. The van der Waals surface area contributed by atoms with E-state index in [1.165, 1.54) is 25.4 Å². The SMILES string of the molecule is COC(=O)c1sccc1C=Cc1cccc(NC(C)=O)c1. The Morgan fingerprint density at radius 2 is 2.05 bits per heavy atom. The maximum Gasteiger partial charge on any atom is 0.348 e. The van der Waals surface area contributed by atoms with Crippen molar-refractivity contribution >= 4 is 41.1 Å². The minimum Gasteiger partial charge on any atom is -0.465 e. The molecule has 0 aliphatic rings. The Balaban J connectivity index is 2.20. The van der Waals surface area contributed by atoms with Gasteiger partial charge in [-0.2, -0.15) is 0 Å². The van der Waals surface area contributed by atoms with Gasteiger partial charge in [-0.25, -0.2) is 4.79 Å². The number of amides is 1. The zero-order chi connectivity index (χ0) is 15.2. The van der Waals surface area contributed by atoms with Crippen LogP contribution in [-0.4, -0.2) is 19.0 Å². The molecule has 1 aromatic carbocycles. The van der Waals surface area contributed by atoms with Crippen LogP contribution >= 0.6 is 11.3 Å². The van der Waals surface area contributed by atoms with Crippen LogP contribution < -0.4 is 5.32 Å². The van der Waals surface area contributed by atoms with Gasteiger partial charge in [0.05, 0.1) is 7.11 Å². The molecule has 0 saturated heterocycles. The summed E-state index contributed by atoms with van der Waals surface area (Å²) in [4.78, 5) is 23.2. The highest BCUT2D eigenvalue weighted by molar-refractivity contribution is 7.12. The molecule has 0 unspecified atom stereocenters. The number of carbonyl (C=O) groups excluding carboxylic acids is 2. The van der Waals surface area contributed by atoms with Crippen LogP contribution in [-0.2, 0) is 9.53 Å². The number of anilines is 1.